The van der Waals surface area contributed by atoms with Gasteiger partial charge in [0.2, 0.25) is 12.0 Å². The highest BCUT2D eigenvalue weighted by Crippen LogP contribution is 2.10. The van der Waals surface area contributed by atoms with E-state index in [2.05, 4.69) is 20.6 Å². The van der Waals surface area contributed by atoms with Crippen molar-refractivity contribution in [1.29, 1.82) is 0 Å². The molecule has 0 radical (unpaired) electrons. The lowest BCUT2D eigenvalue weighted by atomic mass is 10.1. The number of carboxylic acids is 1. The van der Waals surface area contributed by atoms with Crippen LogP contribution in [0, 0.1) is 0 Å². The molecule has 1 rings (SSSR count). The van der Waals surface area contributed by atoms with Gasteiger partial charge in [-0.05, 0) is 6.92 Å². The number of carboxylic acid groups (broad SMARTS) is 1. The number of amides is 2. The predicted octanol–water partition coefficient (Wildman–Crippen LogP) is -1.53. The Hall–Kier alpha value is -2.12. The molecular weight excluding hydrogens is 230 g/mol. The summed E-state index contributed by atoms with van der Waals surface area (Å²) >= 11 is 0. The summed E-state index contributed by atoms with van der Waals surface area (Å²) in [6, 6.07) is -0.718. The zero-order chi connectivity index (χ0) is 13.0. The minimum absolute atomic E-state index is 0.109. The van der Waals surface area contributed by atoms with Gasteiger partial charge in [0.25, 0.3) is 5.91 Å². The number of nitrogens with zero attached hydrogens (tertiary/aromatic N) is 1. The molecule has 1 heterocycles. The first kappa shape index (κ1) is 12.9. The Morgan fingerprint density at radius 1 is 1.53 bits per heavy atom. The van der Waals surface area contributed by atoms with Crippen molar-refractivity contribution in [2.24, 2.45) is 5.16 Å². The Morgan fingerprint density at radius 3 is 2.65 bits per heavy atom. The van der Waals surface area contributed by atoms with Crippen molar-refractivity contribution in [1.82, 2.24) is 10.6 Å². The number of carbonyl (C=O) groups excluding carboxylic acids is 2. The average molecular weight is 243 g/mol. The summed E-state index contributed by atoms with van der Waals surface area (Å²) in [6.07, 6.45) is -1.10. The minimum atomic E-state index is -1.22. The van der Waals surface area contributed by atoms with Crippen molar-refractivity contribution < 1.29 is 24.3 Å². The van der Waals surface area contributed by atoms with E-state index < -0.39 is 24.0 Å². The molecule has 1 aliphatic rings. The van der Waals surface area contributed by atoms with Crippen LogP contribution in [-0.2, 0) is 19.2 Å². The second kappa shape index (κ2) is 5.28. The van der Waals surface area contributed by atoms with Crippen LogP contribution in [0.4, 0.5) is 0 Å². The van der Waals surface area contributed by atoms with Crippen LogP contribution < -0.4 is 10.6 Å². The topological polar surface area (TPSA) is 117 Å². The summed E-state index contributed by atoms with van der Waals surface area (Å²) in [7, 11) is 1.45. The zero-order valence-electron chi connectivity index (χ0n) is 9.39. The van der Waals surface area contributed by atoms with Gasteiger partial charge >= 0.3 is 5.97 Å². The lowest BCUT2D eigenvalue weighted by molar-refractivity contribution is -0.135. The summed E-state index contributed by atoms with van der Waals surface area (Å²) in [6.45, 7) is 1.50. The molecule has 0 aliphatic carbocycles. The molecule has 0 aromatic carbocycles. The smallest absolute Gasteiger partial charge is 0.353 e. The van der Waals surface area contributed by atoms with E-state index in [0.29, 0.717) is 0 Å². The number of hydrogen-bond acceptors (Lipinski definition) is 5. The summed E-state index contributed by atoms with van der Waals surface area (Å²) in [4.78, 5) is 37.9. The zero-order valence-corrected chi connectivity index (χ0v) is 9.39. The van der Waals surface area contributed by atoms with Gasteiger partial charge in [-0.2, -0.15) is 0 Å². The van der Waals surface area contributed by atoms with Crippen LogP contribution in [-0.4, -0.2) is 47.8 Å². The van der Waals surface area contributed by atoms with Crippen LogP contribution >= 0.6 is 0 Å². The van der Waals surface area contributed by atoms with Gasteiger partial charge in [0.05, 0.1) is 0 Å². The van der Waals surface area contributed by atoms with Gasteiger partial charge in [-0.15, -0.1) is 0 Å². The fraction of sp³-hybridized carbons (Fsp3) is 0.556. The highest BCUT2D eigenvalue weighted by atomic mass is 16.6. The second-order valence-electron chi connectivity index (χ2n) is 3.49. The second-order valence-corrected chi connectivity index (χ2v) is 3.49. The van der Waals surface area contributed by atoms with Gasteiger partial charge in [0, 0.05) is 13.5 Å². The van der Waals surface area contributed by atoms with Crippen molar-refractivity contribution in [3.63, 3.8) is 0 Å². The number of likely N-dealkylation sites (N-methyl/N-ethyl adjacent to an activating group) is 1. The third kappa shape index (κ3) is 3.16. The molecule has 0 saturated heterocycles. The van der Waals surface area contributed by atoms with Crippen molar-refractivity contribution >= 4 is 23.5 Å². The Labute approximate surface area is 97.0 Å². The largest absolute Gasteiger partial charge is 0.477 e. The van der Waals surface area contributed by atoms with Gasteiger partial charge in [-0.25, -0.2) is 4.79 Å². The summed E-state index contributed by atoms with van der Waals surface area (Å²) in [5.41, 5.74) is -0.210. The third-order valence-electron chi connectivity index (χ3n) is 2.21. The number of oxime groups is 1. The van der Waals surface area contributed by atoms with Crippen molar-refractivity contribution in [2.45, 2.75) is 25.5 Å². The predicted molar refractivity (Wildman–Crippen MR) is 56.2 cm³/mol. The molecule has 0 aromatic rings. The maximum atomic E-state index is 11.6. The van der Waals surface area contributed by atoms with Crippen LogP contribution in [0.2, 0.25) is 0 Å². The molecule has 8 nitrogen and oxygen atoms in total. The monoisotopic (exact) mass is 243 g/mol. The number of aliphatic carboxylic acids is 1. The molecule has 2 amide bonds. The molecule has 2 atom stereocenters. The SMILES string of the molecule is CNC(=O)C(C)NC(=O)C1CC(C(=O)O)=NO1. The fourth-order valence-corrected chi connectivity index (χ4v) is 1.23. The van der Waals surface area contributed by atoms with Crippen LogP contribution in [0.25, 0.3) is 0 Å². The lowest BCUT2D eigenvalue weighted by Crippen LogP contribution is -2.47. The van der Waals surface area contributed by atoms with Crippen molar-refractivity contribution in [3.8, 4) is 0 Å². The molecular formula is C9H13N3O5. The van der Waals surface area contributed by atoms with E-state index in [4.69, 9.17) is 5.11 Å². The lowest BCUT2D eigenvalue weighted by Gasteiger charge is -2.14. The molecule has 1 aliphatic heterocycles. The molecule has 94 valence electrons. The summed E-state index contributed by atoms with van der Waals surface area (Å²) in [5.74, 6) is -2.14. The molecule has 0 aromatic heterocycles. The average Bonchev–Trinajstić information content (AvgIpc) is 2.77. The van der Waals surface area contributed by atoms with Crippen molar-refractivity contribution in [2.75, 3.05) is 7.05 Å². The Bertz CT molecular complexity index is 379. The fourth-order valence-electron chi connectivity index (χ4n) is 1.23. The van der Waals surface area contributed by atoms with Crippen LogP contribution in [0.15, 0.2) is 5.16 Å². The maximum absolute atomic E-state index is 11.6. The molecule has 8 heteroatoms. The molecule has 0 spiro atoms. The molecule has 17 heavy (non-hydrogen) atoms. The van der Waals surface area contributed by atoms with E-state index in [1.807, 2.05) is 0 Å². The first-order chi connectivity index (χ1) is 7.95. The van der Waals surface area contributed by atoms with Gasteiger partial charge in [-0.3, -0.25) is 9.59 Å². The Kier molecular flexibility index (Phi) is 4.02. The quantitative estimate of drug-likeness (QED) is 0.553. The molecule has 0 bridgehead atoms. The van der Waals surface area contributed by atoms with E-state index in [0.717, 1.165) is 0 Å². The highest BCUT2D eigenvalue weighted by Gasteiger charge is 2.32. The standard InChI is InChI=1S/C9H13N3O5/c1-4(7(13)10-2)11-8(14)6-3-5(9(15)16)12-17-6/h4,6H,3H2,1-2H3,(H,10,13)(H,11,14)(H,15,16). The maximum Gasteiger partial charge on any atom is 0.353 e. The minimum Gasteiger partial charge on any atom is -0.477 e. The normalized spacial score (nSPS) is 19.9. The number of rotatable bonds is 4. The van der Waals surface area contributed by atoms with Gasteiger partial charge in [-0.1, -0.05) is 5.16 Å². The van der Waals surface area contributed by atoms with E-state index in [9.17, 15) is 14.4 Å². The molecule has 3 N–H and O–H groups in total. The van der Waals surface area contributed by atoms with Crippen LogP contribution in [0.1, 0.15) is 13.3 Å². The third-order valence-corrected chi connectivity index (χ3v) is 2.21. The first-order valence-electron chi connectivity index (χ1n) is 4.93. The van der Waals surface area contributed by atoms with E-state index in [1.165, 1.54) is 14.0 Å². The molecule has 0 fully saturated rings. The van der Waals surface area contributed by atoms with Crippen LogP contribution in [0.5, 0.6) is 0 Å². The summed E-state index contributed by atoms with van der Waals surface area (Å²) < 4.78 is 0. The van der Waals surface area contributed by atoms with Gasteiger partial charge in [0.1, 0.15) is 6.04 Å². The summed E-state index contributed by atoms with van der Waals surface area (Å²) in [5, 5.41) is 16.6. The first-order valence-corrected chi connectivity index (χ1v) is 4.93. The number of nitrogens with one attached hydrogen (secondary N) is 2. The van der Waals surface area contributed by atoms with Gasteiger partial charge in [0.15, 0.2) is 5.71 Å². The van der Waals surface area contributed by atoms with Crippen molar-refractivity contribution in [3.05, 3.63) is 0 Å². The van der Waals surface area contributed by atoms with E-state index >= 15 is 0 Å². The molecule has 2 unspecified atom stereocenters. The number of hydrogen-bond donors (Lipinski definition) is 3. The highest BCUT2D eigenvalue weighted by molar-refractivity contribution is 6.36. The Balaban J connectivity index is 2.47. The van der Waals surface area contributed by atoms with E-state index in [-0.39, 0.29) is 18.0 Å². The van der Waals surface area contributed by atoms with E-state index in [1.54, 1.807) is 0 Å². The van der Waals surface area contributed by atoms with Gasteiger partial charge < -0.3 is 20.6 Å². The Morgan fingerprint density at radius 2 is 2.18 bits per heavy atom. The number of carbonyl (C=O) groups is 3. The van der Waals surface area contributed by atoms with Crippen LogP contribution in [0.3, 0.4) is 0 Å². The molecule has 0 saturated carbocycles.